The molecule has 2 atom stereocenters. The Labute approximate surface area is 92.1 Å². The van der Waals surface area contributed by atoms with Gasteiger partial charge in [0, 0.05) is 0 Å². The third-order valence-corrected chi connectivity index (χ3v) is 3.18. The Bertz CT molecular complexity index is 322. The third-order valence-electron chi connectivity index (χ3n) is 3.18. The Hall–Kier alpha value is -0.530. The number of rotatable bonds is 2. The molecule has 1 saturated carbocycles. The van der Waals surface area contributed by atoms with Crippen molar-refractivity contribution in [2.45, 2.75) is 26.2 Å². The molecule has 1 fully saturated rings. The number of hydrogen-bond acceptors (Lipinski definition) is 1. The van der Waals surface area contributed by atoms with Crippen LogP contribution in [0.15, 0.2) is 18.2 Å². The summed E-state index contributed by atoms with van der Waals surface area (Å²) < 4.78 is 0. The predicted molar refractivity (Wildman–Crippen MR) is 63.1 cm³/mol. The molecule has 0 bridgehead atoms. The van der Waals surface area contributed by atoms with Gasteiger partial charge in [0.2, 0.25) is 0 Å². The molecule has 2 rings (SSSR count). The molecule has 0 saturated heterocycles. The standard InChI is InChI=1S/C12H17N.ClH/c1-8-3-4-10(5-9(8)2)12-6-11(12)7-13;/h3-5,11-12H,6-7,13H2,1-2H3;1H/t11-,12-;/m1./s1. The fraction of sp³-hybridized carbons (Fsp3) is 0.500. The Kier molecular flexibility index (Phi) is 3.57. The lowest BCUT2D eigenvalue weighted by Gasteiger charge is -2.03. The van der Waals surface area contributed by atoms with Gasteiger partial charge in [-0.25, -0.2) is 0 Å². The van der Waals surface area contributed by atoms with E-state index in [-0.39, 0.29) is 12.4 Å². The Morgan fingerprint density at radius 2 is 2.00 bits per heavy atom. The average molecular weight is 212 g/mol. The molecule has 0 heterocycles. The zero-order valence-electron chi connectivity index (χ0n) is 8.79. The molecule has 1 aliphatic carbocycles. The summed E-state index contributed by atoms with van der Waals surface area (Å²) in [5.74, 6) is 1.51. The minimum absolute atomic E-state index is 0. The molecule has 1 aromatic carbocycles. The molecule has 0 aromatic heterocycles. The molecular formula is C12H18ClN. The highest BCUT2D eigenvalue weighted by molar-refractivity contribution is 5.85. The number of halogens is 1. The van der Waals surface area contributed by atoms with Crippen LogP contribution in [-0.4, -0.2) is 6.54 Å². The van der Waals surface area contributed by atoms with Crippen molar-refractivity contribution < 1.29 is 0 Å². The molecule has 2 heteroatoms. The molecule has 2 N–H and O–H groups in total. The lowest BCUT2D eigenvalue weighted by atomic mass is 10.0. The highest BCUT2D eigenvalue weighted by Gasteiger charge is 2.36. The van der Waals surface area contributed by atoms with Crippen LogP contribution in [0.5, 0.6) is 0 Å². The van der Waals surface area contributed by atoms with Crippen molar-refractivity contribution in [3.05, 3.63) is 34.9 Å². The van der Waals surface area contributed by atoms with Crippen LogP contribution in [-0.2, 0) is 0 Å². The second-order valence-corrected chi connectivity index (χ2v) is 4.18. The van der Waals surface area contributed by atoms with Crippen LogP contribution in [0.1, 0.15) is 29.0 Å². The fourth-order valence-electron chi connectivity index (χ4n) is 1.91. The van der Waals surface area contributed by atoms with Gasteiger partial charge in [-0.1, -0.05) is 18.2 Å². The molecule has 1 aromatic rings. The van der Waals surface area contributed by atoms with Crippen LogP contribution >= 0.6 is 12.4 Å². The van der Waals surface area contributed by atoms with Gasteiger partial charge < -0.3 is 5.73 Å². The first-order valence-corrected chi connectivity index (χ1v) is 4.99. The van der Waals surface area contributed by atoms with E-state index in [2.05, 4.69) is 32.0 Å². The van der Waals surface area contributed by atoms with Gasteiger partial charge in [-0.05, 0) is 55.3 Å². The Morgan fingerprint density at radius 3 is 2.50 bits per heavy atom. The Morgan fingerprint density at radius 1 is 1.29 bits per heavy atom. The summed E-state index contributed by atoms with van der Waals surface area (Å²) in [7, 11) is 0. The maximum absolute atomic E-state index is 5.63. The van der Waals surface area contributed by atoms with E-state index >= 15 is 0 Å². The summed E-state index contributed by atoms with van der Waals surface area (Å²) in [6, 6.07) is 6.79. The van der Waals surface area contributed by atoms with Gasteiger partial charge in [0.1, 0.15) is 0 Å². The van der Waals surface area contributed by atoms with Crippen molar-refractivity contribution in [2.75, 3.05) is 6.54 Å². The van der Waals surface area contributed by atoms with Crippen LogP contribution in [0.2, 0.25) is 0 Å². The maximum Gasteiger partial charge on any atom is -0.00428 e. The maximum atomic E-state index is 5.63. The van der Waals surface area contributed by atoms with Crippen LogP contribution in [0.3, 0.4) is 0 Å². The number of hydrogen-bond donors (Lipinski definition) is 1. The molecule has 0 spiro atoms. The summed E-state index contributed by atoms with van der Waals surface area (Å²) in [6.07, 6.45) is 1.29. The van der Waals surface area contributed by atoms with Crippen molar-refractivity contribution in [3.63, 3.8) is 0 Å². The van der Waals surface area contributed by atoms with E-state index in [9.17, 15) is 0 Å². The fourth-order valence-corrected chi connectivity index (χ4v) is 1.91. The second kappa shape index (κ2) is 4.33. The minimum atomic E-state index is 0. The lowest BCUT2D eigenvalue weighted by Crippen LogP contribution is -2.02. The van der Waals surface area contributed by atoms with E-state index in [0.29, 0.717) is 0 Å². The monoisotopic (exact) mass is 211 g/mol. The number of benzene rings is 1. The summed E-state index contributed by atoms with van der Waals surface area (Å²) in [4.78, 5) is 0. The molecule has 1 nitrogen and oxygen atoms in total. The van der Waals surface area contributed by atoms with Gasteiger partial charge in [-0.3, -0.25) is 0 Å². The largest absolute Gasteiger partial charge is 0.330 e. The van der Waals surface area contributed by atoms with Crippen molar-refractivity contribution in [1.29, 1.82) is 0 Å². The zero-order chi connectivity index (χ0) is 9.42. The van der Waals surface area contributed by atoms with E-state index in [4.69, 9.17) is 5.73 Å². The first kappa shape index (κ1) is 11.5. The van der Waals surface area contributed by atoms with Crippen LogP contribution < -0.4 is 5.73 Å². The topological polar surface area (TPSA) is 26.0 Å². The van der Waals surface area contributed by atoms with E-state index in [1.165, 1.54) is 23.1 Å². The van der Waals surface area contributed by atoms with Gasteiger partial charge in [0.05, 0.1) is 0 Å². The van der Waals surface area contributed by atoms with Gasteiger partial charge in [0.25, 0.3) is 0 Å². The van der Waals surface area contributed by atoms with Gasteiger partial charge in [0.15, 0.2) is 0 Å². The second-order valence-electron chi connectivity index (χ2n) is 4.18. The summed E-state index contributed by atoms with van der Waals surface area (Å²) >= 11 is 0. The molecule has 0 amide bonds. The predicted octanol–water partition coefficient (Wildman–Crippen LogP) is 2.79. The third kappa shape index (κ3) is 2.10. The highest BCUT2D eigenvalue weighted by atomic mass is 35.5. The quantitative estimate of drug-likeness (QED) is 0.800. The highest BCUT2D eigenvalue weighted by Crippen LogP contribution is 2.46. The summed E-state index contributed by atoms with van der Waals surface area (Å²) in [6.45, 7) is 5.18. The van der Waals surface area contributed by atoms with Gasteiger partial charge in [-0.15, -0.1) is 12.4 Å². The molecule has 0 aliphatic heterocycles. The number of aryl methyl sites for hydroxylation is 2. The molecule has 0 unspecified atom stereocenters. The molecular weight excluding hydrogens is 194 g/mol. The van der Waals surface area contributed by atoms with Crippen molar-refractivity contribution >= 4 is 12.4 Å². The smallest absolute Gasteiger partial charge is 0.00428 e. The molecule has 78 valence electrons. The Balaban J connectivity index is 0.000000980. The first-order valence-electron chi connectivity index (χ1n) is 4.99. The molecule has 0 radical (unpaired) electrons. The summed E-state index contributed by atoms with van der Waals surface area (Å²) in [5, 5.41) is 0. The van der Waals surface area contributed by atoms with Crippen molar-refractivity contribution in [2.24, 2.45) is 11.7 Å². The van der Waals surface area contributed by atoms with Crippen molar-refractivity contribution in [3.8, 4) is 0 Å². The van der Waals surface area contributed by atoms with E-state index in [0.717, 1.165) is 18.4 Å². The minimum Gasteiger partial charge on any atom is -0.330 e. The first-order chi connectivity index (χ1) is 6.22. The molecule has 14 heavy (non-hydrogen) atoms. The van der Waals surface area contributed by atoms with E-state index < -0.39 is 0 Å². The van der Waals surface area contributed by atoms with E-state index in [1.54, 1.807) is 0 Å². The van der Waals surface area contributed by atoms with Crippen molar-refractivity contribution in [1.82, 2.24) is 0 Å². The average Bonchev–Trinajstić information content (AvgIpc) is 2.88. The van der Waals surface area contributed by atoms with Crippen LogP contribution in [0.4, 0.5) is 0 Å². The summed E-state index contributed by atoms with van der Waals surface area (Å²) in [5.41, 5.74) is 9.90. The van der Waals surface area contributed by atoms with Crippen LogP contribution in [0.25, 0.3) is 0 Å². The van der Waals surface area contributed by atoms with Crippen LogP contribution in [0, 0.1) is 19.8 Å². The lowest BCUT2D eigenvalue weighted by molar-refractivity contribution is 0.809. The van der Waals surface area contributed by atoms with Gasteiger partial charge in [-0.2, -0.15) is 0 Å². The van der Waals surface area contributed by atoms with Gasteiger partial charge >= 0.3 is 0 Å². The van der Waals surface area contributed by atoms with E-state index in [1.807, 2.05) is 0 Å². The zero-order valence-corrected chi connectivity index (χ0v) is 9.60. The molecule has 1 aliphatic rings. The SMILES string of the molecule is Cc1ccc([C@H]2C[C@@H]2CN)cc1C.Cl. The normalized spacial score (nSPS) is 24.2. The number of nitrogens with two attached hydrogens (primary N) is 1.